The maximum atomic E-state index is 2.47. The average molecular weight is 270 g/mol. The van der Waals surface area contributed by atoms with Gasteiger partial charge in [0.2, 0.25) is 0 Å². The highest BCUT2D eigenvalue weighted by Crippen LogP contribution is 2.30. The summed E-state index contributed by atoms with van der Waals surface area (Å²) in [5.41, 5.74) is 1.43. The lowest BCUT2D eigenvalue weighted by Gasteiger charge is -2.05. The monoisotopic (exact) mass is 270 g/mol. The number of allylic oxidation sites excluding steroid dienone is 1. The molecule has 0 atom stereocenters. The summed E-state index contributed by atoms with van der Waals surface area (Å²) in [6.07, 6.45) is 4.94. The second kappa shape index (κ2) is 3.99. The zero-order chi connectivity index (χ0) is 8.23. The molecule has 62 valence electrons. The summed E-state index contributed by atoms with van der Waals surface area (Å²) in [4.78, 5) is 0. The van der Waals surface area contributed by atoms with Crippen LogP contribution < -0.4 is 0 Å². The van der Waals surface area contributed by atoms with Gasteiger partial charge in [-0.1, -0.05) is 61.2 Å². The molecule has 0 aliphatic carbocycles. The quantitative estimate of drug-likeness (QED) is 0.684. The first-order chi connectivity index (χ1) is 5.97. The molecule has 1 aromatic rings. The maximum absolute atomic E-state index is 2.47. The Morgan fingerprint density at radius 1 is 1.00 bits per heavy atom. The van der Waals surface area contributed by atoms with E-state index in [1.165, 1.54) is 18.4 Å². The molecular formula is C11H11I. The summed E-state index contributed by atoms with van der Waals surface area (Å²) in [7, 11) is 0. The van der Waals surface area contributed by atoms with Gasteiger partial charge in [-0.25, -0.2) is 0 Å². The molecule has 0 unspecified atom stereocenters. The van der Waals surface area contributed by atoms with Crippen molar-refractivity contribution in [3.05, 3.63) is 42.0 Å². The molecular weight excluding hydrogens is 259 g/mol. The van der Waals surface area contributed by atoms with E-state index in [1.54, 1.807) is 3.58 Å². The molecule has 0 N–H and O–H groups in total. The number of halogens is 1. The van der Waals surface area contributed by atoms with Crippen molar-refractivity contribution in [3.63, 3.8) is 0 Å². The second-order valence-electron chi connectivity index (χ2n) is 2.76. The summed E-state index contributed by atoms with van der Waals surface area (Å²) in [5, 5.41) is 0. The van der Waals surface area contributed by atoms with Crippen molar-refractivity contribution in [1.29, 1.82) is 0 Å². The summed E-state index contributed by atoms with van der Waals surface area (Å²) in [5.74, 6) is 0. The van der Waals surface area contributed by atoms with Crippen molar-refractivity contribution in [2.45, 2.75) is 12.8 Å². The summed E-state index contributed by atoms with van der Waals surface area (Å²) in [6, 6.07) is 10.7. The van der Waals surface area contributed by atoms with E-state index in [0.29, 0.717) is 0 Å². The Kier molecular flexibility index (Phi) is 2.71. The van der Waals surface area contributed by atoms with Crippen molar-refractivity contribution in [1.82, 2.24) is 0 Å². The largest absolute Gasteiger partial charge is 0.0898 e. The van der Waals surface area contributed by atoms with Gasteiger partial charge in [-0.05, 0) is 18.4 Å². The average Bonchev–Trinajstić information content (AvgIpc) is 2.21. The first-order valence-electron chi connectivity index (χ1n) is 4.17. The van der Waals surface area contributed by atoms with Crippen molar-refractivity contribution in [2.75, 3.05) is 0 Å². The topological polar surface area (TPSA) is 0 Å². The van der Waals surface area contributed by atoms with E-state index in [1.807, 2.05) is 0 Å². The summed E-state index contributed by atoms with van der Waals surface area (Å²) in [6.45, 7) is 0. The number of rotatable bonds is 1. The predicted octanol–water partition coefficient (Wildman–Crippen LogP) is 3.59. The fourth-order valence-electron chi connectivity index (χ4n) is 1.23. The van der Waals surface area contributed by atoms with E-state index in [9.17, 15) is 0 Å². The van der Waals surface area contributed by atoms with Crippen molar-refractivity contribution in [3.8, 4) is 0 Å². The van der Waals surface area contributed by atoms with Gasteiger partial charge in [0.25, 0.3) is 0 Å². The molecule has 12 heavy (non-hydrogen) atoms. The zero-order valence-corrected chi connectivity index (χ0v) is 8.99. The Morgan fingerprint density at radius 3 is 2.50 bits per heavy atom. The Labute approximate surface area is 83.1 Å². The lowest BCUT2D eigenvalue weighted by atomic mass is 10.2. The minimum absolute atomic E-state index is 0.206. The highest BCUT2D eigenvalue weighted by atomic mass is 127. The highest BCUT2D eigenvalue weighted by Gasteiger charge is 1.99. The van der Waals surface area contributed by atoms with Gasteiger partial charge < -0.3 is 0 Å². The number of hydrogen-bond acceptors (Lipinski definition) is 0. The molecule has 0 spiro atoms. The first-order valence-corrected chi connectivity index (χ1v) is 6.50. The lowest BCUT2D eigenvalue weighted by molar-refractivity contribution is 1.14. The van der Waals surface area contributed by atoms with Crippen LogP contribution in [0.2, 0.25) is 0 Å². The Morgan fingerprint density at radius 2 is 1.83 bits per heavy atom. The standard InChI is InChI=1S/C11H11I/c1-2-6-10(7-3-1)11-8-4-5-9-12-11/h1-3,6-9H,4-5H2. The minimum atomic E-state index is 0.206. The van der Waals surface area contributed by atoms with Crippen molar-refractivity contribution < 1.29 is 0 Å². The van der Waals surface area contributed by atoms with Crippen LogP contribution in [0.15, 0.2) is 36.4 Å². The third-order valence-electron chi connectivity index (χ3n) is 1.84. The van der Waals surface area contributed by atoms with E-state index in [2.05, 4.69) is 40.4 Å². The van der Waals surface area contributed by atoms with Crippen LogP contribution in [0, 0.1) is 0 Å². The maximum Gasteiger partial charge on any atom is 0.0107 e. The zero-order valence-electron chi connectivity index (χ0n) is 6.83. The molecule has 0 bridgehead atoms. The van der Waals surface area contributed by atoms with E-state index >= 15 is 0 Å². The van der Waals surface area contributed by atoms with E-state index in [-0.39, 0.29) is 20.7 Å². The minimum Gasteiger partial charge on any atom is -0.0898 e. The van der Waals surface area contributed by atoms with Gasteiger partial charge in [0.05, 0.1) is 0 Å². The summed E-state index contributed by atoms with van der Waals surface area (Å²) < 4.78 is 4.07. The van der Waals surface area contributed by atoms with Crippen LogP contribution in [0.3, 0.4) is 0 Å². The number of hydrogen-bond donors (Lipinski definition) is 0. The van der Waals surface area contributed by atoms with Crippen LogP contribution in [0.25, 0.3) is 3.58 Å². The van der Waals surface area contributed by atoms with Gasteiger partial charge in [-0.2, -0.15) is 0 Å². The smallest absolute Gasteiger partial charge is 0.0107 e. The molecule has 2 rings (SSSR count). The van der Waals surface area contributed by atoms with Crippen LogP contribution in [0.4, 0.5) is 0 Å². The molecule has 0 aromatic heterocycles. The van der Waals surface area contributed by atoms with Gasteiger partial charge in [0, 0.05) is 3.58 Å². The molecule has 0 saturated heterocycles. The highest BCUT2D eigenvalue weighted by molar-refractivity contribution is 14.2. The van der Waals surface area contributed by atoms with Crippen molar-refractivity contribution in [2.24, 2.45) is 0 Å². The Balaban J connectivity index is 2.31. The van der Waals surface area contributed by atoms with E-state index in [0.717, 1.165) is 0 Å². The van der Waals surface area contributed by atoms with Gasteiger partial charge in [0.1, 0.15) is 0 Å². The molecule has 0 radical (unpaired) electrons. The fourth-order valence-corrected chi connectivity index (χ4v) is 3.66. The van der Waals surface area contributed by atoms with E-state index < -0.39 is 0 Å². The van der Waals surface area contributed by atoms with Gasteiger partial charge in [0.15, 0.2) is 0 Å². The van der Waals surface area contributed by atoms with Crippen LogP contribution >= 0.6 is 20.7 Å². The molecule has 1 heteroatoms. The predicted molar refractivity (Wildman–Crippen MR) is 63.7 cm³/mol. The molecule has 0 amide bonds. The summed E-state index contributed by atoms with van der Waals surface area (Å²) >= 11 is 0.206. The fraction of sp³-hybridized carbons (Fsp3) is 0.182. The SMILES string of the molecule is C1=IC(c2ccccc2)=CCC1. The van der Waals surface area contributed by atoms with Crippen molar-refractivity contribution >= 4 is 28.3 Å². The Bertz CT molecular complexity index is 309. The van der Waals surface area contributed by atoms with E-state index in [4.69, 9.17) is 0 Å². The van der Waals surface area contributed by atoms with Gasteiger partial charge >= 0.3 is 0 Å². The molecule has 0 saturated carbocycles. The lowest BCUT2D eigenvalue weighted by Crippen LogP contribution is -1.82. The van der Waals surface area contributed by atoms with Crippen LogP contribution in [-0.4, -0.2) is 4.01 Å². The molecule has 1 aliphatic heterocycles. The third kappa shape index (κ3) is 1.83. The first kappa shape index (κ1) is 8.17. The van der Waals surface area contributed by atoms with Gasteiger partial charge in [-0.3, -0.25) is 0 Å². The van der Waals surface area contributed by atoms with Gasteiger partial charge in [-0.15, -0.1) is 0 Å². The van der Waals surface area contributed by atoms with Crippen LogP contribution in [0.1, 0.15) is 18.4 Å². The molecule has 0 fully saturated rings. The Hall–Kier alpha value is -0.440. The molecule has 1 aliphatic rings. The molecule has 1 aromatic carbocycles. The van der Waals surface area contributed by atoms with Crippen LogP contribution in [0.5, 0.6) is 0 Å². The number of benzene rings is 1. The molecule has 1 heterocycles. The second-order valence-corrected chi connectivity index (χ2v) is 5.42. The third-order valence-corrected chi connectivity index (χ3v) is 4.64. The van der Waals surface area contributed by atoms with Crippen LogP contribution in [-0.2, 0) is 0 Å². The normalized spacial score (nSPS) is 16.5. The molecule has 0 nitrogen and oxygen atoms in total.